The molecule has 0 saturated heterocycles. The first kappa shape index (κ1) is 16.0. The summed E-state index contributed by atoms with van der Waals surface area (Å²) in [5, 5.41) is 13.2. The summed E-state index contributed by atoms with van der Waals surface area (Å²) in [5.41, 5.74) is 0. The average Bonchev–Trinajstić information content (AvgIpc) is 2.39. The van der Waals surface area contributed by atoms with Gasteiger partial charge in [-0.1, -0.05) is 18.7 Å². The Labute approximate surface area is 119 Å². The quantitative estimate of drug-likeness (QED) is 0.737. The van der Waals surface area contributed by atoms with Crippen LogP contribution in [0.15, 0.2) is 5.16 Å². The van der Waals surface area contributed by atoms with Gasteiger partial charge in [0.1, 0.15) is 0 Å². The molecule has 0 fully saturated rings. The fourth-order valence-electron chi connectivity index (χ4n) is 1.42. The maximum atomic E-state index is 9.56. The number of aromatic nitrogens is 3. The summed E-state index contributed by atoms with van der Waals surface area (Å²) in [6.07, 6.45) is -0.406. The lowest BCUT2D eigenvalue weighted by Crippen LogP contribution is -2.25. The standard InChI is InChI=1S/C12H23N5OS/c1-6-17(7-2)11-14-10(13-5)15-12(16-11)19-9(4)8(3)18/h8-9,18H,6-7H2,1-5H3,(H,13,14,15,16). The van der Waals surface area contributed by atoms with Crippen LogP contribution in [0.4, 0.5) is 11.9 Å². The van der Waals surface area contributed by atoms with E-state index >= 15 is 0 Å². The average molecular weight is 285 g/mol. The lowest BCUT2D eigenvalue weighted by molar-refractivity contribution is 0.196. The van der Waals surface area contributed by atoms with Crippen molar-refractivity contribution in [2.45, 2.75) is 44.2 Å². The summed E-state index contributed by atoms with van der Waals surface area (Å²) in [7, 11) is 1.79. The molecule has 7 heteroatoms. The third kappa shape index (κ3) is 4.50. The first-order chi connectivity index (χ1) is 9.01. The smallest absolute Gasteiger partial charge is 0.231 e. The molecule has 108 valence electrons. The van der Waals surface area contributed by atoms with Gasteiger partial charge in [-0.05, 0) is 20.8 Å². The van der Waals surface area contributed by atoms with Crippen LogP contribution in [0.3, 0.4) is 0 Å². The van der Waals surface area contributed by atoms with Crippen LogP contribution in [0.25, 0.3) is 0 Å². The van der Waals surface area contributed by atoms with Crippen LogP contribution in [0, 0.1) is 0 Å². The second-order valence-corrected chi connectivity index (χ2v) is 5.57. The van der Waals surface area contributed by atoms with Gasteiger partial charge in [-0.25, -0.2) is 0 Å². The van der Waals surface area contributed by atoms with Gasteiger partial charge in [-0.2, -0.15) is 15.0 Å². The molecule has 2 atom stereocenters. The molecule has 0 aliphatic rings. The minimum atomic E-state index is -0.406. The van der Waals surface area contributed by atoms with Crippen LogP contribution in [0.1, 0.15) is 27.7 Å². The van der Waals surface area contributed by atoms with Gasteiger partial charge in [0, 0.05) is 25.4 Å². The third-order valence-corrected chi connectivity index (χ3v) is 4.00. The van der Waals surface area contributed by atoms with Crippen LogP contribution >= 0.6 is 11.8 Å². The van der Waals surface area contributed by atoms with Gasteiger partial charge in [0.25, 0.3) is 0 Å². The van der Waals surface area contributed by atoms with Crippen molar-refractivity contribution in [2.75, 3.05) is 30.4 Å². The molecule has 0 bridgehead atoms. The van der Waals surface area contributed by atoms with Crippen molar-refractivity contribution in [3.63, 3.8) is 0 Å². The zero-order valence-corrected chi connectivity index (χ0v) is 13.0. The minimum absolute atomic E-state index is 0.0386. The van der Waals surface area contributed by atoms with Crippen LogP contribution < -0.4 is 10.2 Å². The van der Waals surface area contributed by atoms with Gasteiger partial charge in [-0.15, -0.1) is 0 Å². The van der Waals surface area contributed by atoms with E-state index in [2.05, 4.69) is 39.0 Å². The van der Waals surface area contributed by atoms with Crippen molar-refractivity contribution >= 4 is 23.7 Å². The van der Waals surface area contributed by atoms with Gasteiger partial charge in [0.15, 0.2) is 5.16 Å². The first-order valence-corrected chi connectivity index (χ1v) is 7.43. The fourth-order valence-corrected chi connectivity index (χ4v) is 2.23. The van der Waals surface area contributed by atoms with Gasteiger partial charge in [0.2, 0.25) is 11.9 Å². The number of nitrogens with one attached hydrogen (secondary N) is 1. The van der Waals surface area contributed by atoms with Crippen molar-refractivity contribution < 1.29 is 5.11 Å². The van der Waals surface area contributed by atoms with Crippen LogP contribution in [0.2, 0.25) is 0 Å². The summed E-state index contributed by atoms with van der Waals surface area (Å²) < 4.78 is 0. The van der Waals surface area contributed by atoms with Crippen molar-refractivity contribution in [1.82, 2.24) is 15.0 Å². The van der Waals surface area contributed by atoms with E-state index in [0.29, 0.717) is 17.1 Å². The Morgan fingerprint density at radius 3 is 2.32 bits per heavy atom. The molecule has 0 aliphatic carbocycles. The minimum Gasteiger partial charge on any atom is -0.392 e. The first-order valence-electron chi connectivity index (χ1n) is 6.55. The molecule has 0 radical (unpaired) electrons. The highest BCUT2D eigenvalue weighted by Gasteiger charge is 2.16. The topological polar surface area (TPSA) is 74.2 Å². The summed E-state index contributed by atoms with van der Waals surface area (Å²) >= 11 is 1.45. The number of hydrogen-bond donors (Lipinski definition) is 2. The molecule has 0 aliphatic heterocycles. The Morgan fingerprint density at radius 2 is 1.84 bits per heavy atom. The number of anilines is 2. The molecule has 19 heavy (non-hydrogen) atoms. The molecule has 0 aromatic carbocycles. The van der Waals surface area contributed by atoms with E-state index in [4.69, 9.17) is 0 Å². The van der Waals surface area contributed by atoms with E-state index in [1.165, 1.54) is 11.8 Å². The summed E-state index contributed by atoms with van der Waals surface area (Å²) in [5.74, 6) is 1.22. The van der Waals surface area contributed by atoms with E-state index in [1.807, 2.05) is 6.92 Å². The molecule has 1 aromatic rings. The van der Waals surface area contributed by atoms with E-state index in [1.54, 1.807) is 14.0 Å². The SMILES string of the molecule is CCN(CC)c1nc(NC)nc(SC(C)C(C)O)n1. The number of nitrogens with zero attached hydrogens (tertiary/aromatic N) is 4. The van der Waals surface area contributed by atoms with Gasteiger partial charge in [0.05, 0.1) is 6.10 Å². The summed E-state index contributed by atoms with van der Waals surface area (Å²) in [6, 6.07) is 0. The molecule has 0 amide bonds. The Kier molecular flexibility index (Phi) is 6.30. The summed E-state index contributed by atoms with van der Waals surface area (Å²) in [6.45, 7) is 9.55. The monoisotopic (exact) mass is 285 g/mol. The van der Waals surface area contributed by atoms with Crippen molar-refractivity contribution in [3.05, 3.63) is 0 Å². The predicted octanol–water partition coefficient (Wildman–Crippen LogP) is 1.62. The number of aliphatic hydroxyl groups excluding tert-OH is 1. The maximum Gasteiger partial charge on any atom is 0.231 e. The van der Waals surface area contributed by atoms with E-state index in [-0.39, 0.29) is 5.25 Å². The Morgan fingerprint density at radius 1 is 1.21 bits per heavy atom. The molecule has 6 nitrogen and oxygen atoms in total. The zero-order valence-electron chi connectivity index (χ0n) is 12.2. The third-order valence-electron chi connectivity index (χ3n) is 2.84. The summed E-state index contributed by atoms with van der Waals surface area (Å²) in [4.78, 5) is 15.2. The Bertz CT molecular complexity index is 398. The van der Waals surface area contributed by atoms with Crippen molar-refractivity contribution in [3.8, 4) is 0 Å². The molecule has 2 N–H and O–H groups in total. The Hall–Kier alpha value is -1.08. The Balaban J connectivity index is 3.01. The molecule has 0 saturated carbocycles. The van der Waals surface area contributed by atoms with Crippen LogP contribution in [-0.2, 0) is 0 Å². The largest absolute Gasteiger partial charge is 0.392 e. The van der Waals surface area contributed by atoms with Gasteiger partial charge >= 0.3 is 0 Å². The molecule has 1 rings (SSSR count). The highest BCUT2D eigenvalue weighted by molar-refractivity contribution is 7.99. The second-order valence-electron chi connectivity index (χ2n) is 4.23. The van der Waals surface area contributed by atoms with Crippen molar-refractivity contribution in [2.24, 2.45) is 0 Å². The van der Waals surface area contributed by atoms with Gasteiger partial charge < -0.3 is 15.3 Å². The molecule has 0 spiro atoms. The molecular weight excluding hydrogens is 262 g/mol. The molecule has 2 unspecified atom stereocenters. The molecule has 1 aromatic heterocycles. The fraction of sp³-hybridized carbons (Fsp3) is 0.750. The number of aliphatic hydroxyl groups is 1. The number of rotatable bonds is 7. The predicted molar refractivity (Wildman–Crippen MR) is 79.9 cm³/mol. The molecule has 1 heterocycles. The van der Waals surface area contributed by atoms with E-state index in [9.17, 15) is 5.11 Å². The highest BCUT2D eigenvalue weighted by atomic mass is 32.2. The normalized spacial score (nSPS) is 14.0. The van der Waals surface area contributed by atoms with Gasteiger partial charge in [-0.3, -0.25) is 0 Å². The van der Waals surface area contributed by atoms with Crippen molar-refractivity contribution in [1.29, 1.82) is 0 Å². The van der Waals surface area contributed by atoms with Crippen LogP contribution in [-0.4, -0.2) is 51.5 Å². The second kappa shape index (κ2) is 7.49. The molecular formula is C12H23N5OS. The van der Waals surface area contributed by atoms with Crippen LogP contribution in [0.5, 0.6) is 0 Å². The zero-order chi connectivity index (χ0) is 14.4. The lowest BCUT2D eigenvalue weighted by Gasteiger charge is -2.20. The van der Waals surface area contributed by atoms with E-state index in [0.717, 1.165) is 13.1 Å². The highest BCUT2D eigenvalue weighted by Crippen LogP contribution is 2.24. The number of hydrogen-bond acceptors (Lipinski definition) is 7. The lowest BCUT2D eigenvalue weighted by atomic mass is 10.3. The maximum absolute atomic E-state index is 9.56. The number of thioether (sulfide) groups is 1. The van der Waals surface area contributed by atoms with E-state index < -0.39 is 6.10 Å².